The third kappa shape index (κ3) is 4.59. The van der Waals surface area contributed by atoms with Crippen LogP contribution in [0.15, 0.2) is 54.6 Å². The highest BCUT2D eigenvalue weighted by atomic mass is 19.1. The van der Waals surface area contributed by atoms with Crippen LogP contribution in [0, 0.1) is 19.7 Å². The summed E-state index contributed by atoms with van der Waals surface area (Å²) in [5.41, 5.74) is 4.43. The molecule has 4 aromatic rings. The van der Waals surface area contributed by atoms with Crippen molar-refractivity contribution in [2.24, 2.45) is 0 Å². The molecule has 164 valence electrons. The van der Waals surface area contributed by atoms with Gasteiger partial charge in [-0.2, -0.15) is 4.80 Å². The van der Waals surface area contributed by atoms with E-state index in [0.717, 1.165) is 30.1 Å². The number of ether oxygens (including phenoxy) is 1. The molecule has 0 N–H and O–H groups in total. The van der Waals surface area contributed by atoms with Gasteiger partial charge in [-0.05, 0) is 73.5 Å². The number of halogens is 1. The minimum Gasteiger partial charge on any atom is -0.497 e. The predicted molar refractivity (Wildman–Crippen MR) is 118 cm³/mol. The molecule has 0 amide bonds. The first kappa shape index (κ1) is 21.4. The number of hydrogen-bond donors (Lipinski definition) is 0. The molecule has 4 rings (SSSR count). The Labute approximate surface area is 185 Å². The normalized spacial score (nSPS) is 11.0. The second-order valence-electron chi connectivity index (χ2n) is 7.61. The van der Waals surface area contributed by atoms with E-state index in [4.69, 9.17) is 4.74 Å². The number of hydrogen-bond acceptors (Lipinski definition) is 5. The number of ketones is 1. The van der Waals surface area contributed by atoms with Crippen LogP contribution in [0.2, 0.25) is 0 Å². The number of aromatic nitrogens is 5. The van der Waals surface area contributed by atoms with Crippen molar-refractivity contribution in [1.29, 1.82) is 0 Å². The molecule has 0 aliphatic carbocycles. The Kier molecular flexibility index (Phi) is 6.11. The molecule has 0 aliphatic rings. The number of carbonyl (C=O) groups excluding carboxylic acids is 1. The summed E-state index contributed by atoms with van der Waals surface area (Å²) < 4.78 is 20.5. The largest absolute Gasteiger partial charge is 0.497 e. The van der Waals surface area contributed by atoms with Crippen molar-refractivity contribution in [3.05, 3.63) is 82.9 Å². The molecule has 0 atom stereocenters. The van der Waals surface area contributed by atoms with Gasteiger partial charge < -0.3 is 9.30 Å². The first-order valence-corrected chi connectivity index (χ1v) is 10.3. The second-order valence-corrected chi connectivity index (χ2v) is 7.61. The molecule has 8 heteroatoms. The molecule has 0 fully saturated rings. The fourth-order valence-electron chi connectivity index (χ4n) is 3.70. The third-order valence-electron chi connectivity index (χ3n) is 5.50. The Morgan fingerprint density at radius 3 is 2.47 bits per heavy atom. The van der Waals surface area contributed by atoms with E-state index in [1.807, 2.05) is 44.2 Å². The van der Waals surface area contributed by atoms with Crippen molar-refractivity contribution < 1.29 is 13.9 Å². The molecule has 0 bridgehead atoms. The first-order valence-electron chi connectivity index (χ1n) is 10.3. The molecule has 0 saturated heterocycles. The molecule has 0 unspecified atom stereocenters. The summed E-state index contributed by atoms with van der Waals surface area (Å²) in [6.45, 7) is 4.70. The molecular weight excluding hydrogens is 409 g/mol. The van der Waals surface area contributed by atoms with E-state index in [2.05, 4.69) is 20.0 Å². The maximum atomic E-state index is 13.1. The lowest BCUT2D eigenvalue weighted by Crippen LogP contribution is -2.14. The average Bonchev–Trinajstić information content (AvgIpc) is 3.37. The fraction of sp³-hybridized carbons (Fsp3) is 0.250. The summed E-state index contributed by atoms with van der Waals surface area (Å²) in [7, 11) is 1.65. The van der Waals surface area contributed by atoms with E-state index >= 15 is 0 Å². The Morgan fingerprint density at radius 2 is 1.78 bits per heavy atom. The van der Waals surface area contributed by atoms with Gasteiger partial charge >= 0.3 is 0 Å². The van der Waals surface area contributed by atoms with Crippen LogP contribution in [0.25, 0.3) is 11.4 Å². The van der Waals surface area contributed by atoms with Crippen molar-refractivity contribution in [3.8, 4) is 17.1 Å². The van der Waals surface area contributed by atoms with Crippen molar-refractivity contribution >= 4 is 5.78 Å². The third-order valence-corrected chi connectivity index (χ3v) is 5.50. The molecule has 7 nitrogen and oxygen atoms in total. The minimum atomic E-state index is -0.335. The maximum Gasteiger partial charge on any atom is 0.204 e. The number of Topliss-reactive ketones (excluding diaryl/α,β-unsaturated/α-hetero) is 1. The number of aryl methyl sites for hydroxylation is 2. The fourth-order valence-corrected chi connectivity index (χ4v) is 3.70. The van der Waals surface area contributed by atoms with E-state index in [0.29, 0.717) is 17.0 Å². The molecule has 0 saturated carbocycles. The van der Waals surface area contributed by atoms with Gasteiger partial charge in [0.25, 0.3) is 0 Å². The molecule has 2 heterocycles. The van der Waals surface area contributed by atoms with E-state index in [1.54, 1.807) is 19.2 Å². The van der Waals surface area contributed by atoms with Crippen LogP contribution in [0.4, 0.5) is 4.39 Å². The summed E-state index contributed by atoms with van der Waals surface area (Å²) in [5, 5.41) is 12.2. The quantitative estimate of drug-likeness (QED) is 0.392. The zero-order chi connectivity index (χ0) is 22.7. The van der Waals surface area contributed by atoms with Crippen LogP contribution in [-0.4, -0.2) is 37.7 Å². The van der Waals surface area contributed by atoms with Crippen molar-refractivity contribution in [1.82, 2.24) is 24.8 Å². The Morgan fingerprint density at radius 1 is 1.06 bits per heavy atom. The average molecular weight is 433 g/mol. The number of carbonyl (C=O) groups is 1. The number of benzene rings is 2. The van der Waals surface area contributed by atoms with Gasteiger partial charge in [0, 0.05) is 29.1 Å². The lowest BCUT2D eigenvalue weighted by atomic mass is 10.1. The zero-order valence-corrected chi connectivity index (χ0v) is 18.2. The van der Waals surface area contributed by atoms with E-state index in [1.165, 1.54) is 22.5 Å². The highest BCUT2D eigenvalue weighted by Gasteiger charge is 2.18. The summed E-state index contributed by atoms with van der Waals surface area (Å²) in [6, 6.07) is 15.7. The van der Waals surface area contributed by atoms with Crippen molar-refractivity contribution in [3.63, 3.8) is 0 Å². The molecular formula is C24H24FN5O2. The van der Waals surface area contributed by atoms with Crippen LogP contribution < -0.4 is 4.74 Å². The van der Waals surface area contributed by atoms with Crippen LogP contribution in [0.5, 0.6) is 5.75 Å². The summed E-state index contributed by atoms with van der Waals surface area (Å²) >= 11 is 0. The van der Waals surface area contributed by atoms with E-state index < -0.39 is 0 Å². The van der Waals surface area contributed by atoms with Crippen LogP contribution in [0.1, 0.15) is 27.3 Å². The minimum absolute atomic E-state index is 0.0169. The monoisotopic (exact) mass is 433 g/mol. The van der Waals surface area contributed by atoms with Crippen LogP contribution >= 0.6 is 0 Å². The van der Waals surface area contributed by atoms with Gasteiger partial charge in [-0.15, -0.1) is 10.2 Å². The van der Waals surface area contributed by atoms with Gasteiger partial charge in [0.2, 0.25) is 5.82 Å². The predicted octanol–water partition coefficient (Wildman–Crippen LogP) is 4.03. The lowest BCUT2D eigenvalue weighted by Gasteiger charge is -2.10. The van der Waals surface area contributed by atoms with Gasteiger partial charge in [-0.1, -0.05) is 12.1 Å². The molecule has 0 spiro atoms. The number of nitrogens with zero attached hydrogens (tertiary/aromatic N) is 5. The molecule has 2 aromatic heterocycles. The lowest BCUT2D eigenvalue weighted by molar-refractivity contribution is 0.0960. The summed E-state index contributed by atoms with van der Waals surface area (Å²) in [6.07, 6.45) is 0.847. The number of rotatable bonds is 8. The standard InChI is InChI=1S/C24H24FN5O2/c1-16-14-22(17(2)29(16)13-12-18-4-10-21(32-3)11-5-18)23(31)15-30-27-24(26-28-30)19-6-8-20(25)9-7-19/h4-11,14H,12-13,15H2,1-3H3. The Bertz CT molecular complexity index is 1230. The van der Waals surface area contributed by atoms with E-state index in [-0.39, 0.29) is 18.1 Å². The number of methoxy groups -OCH3 is 1. The molecule has 32 heavy (non-hydrogen) atoms. The van der Waals surface area contributed by atoms with Gasteiger partial charge in [-0.3, -0.25) is 4.79 Å². The summed E-state index contributed by atoms with van der Waals surface area (Å²) in [4.78, 5) is 14.2. The second kappa shape index (κ2) is 9.13. The van der Waals surface area contributed by atoms with Crippen molar-refractivity contribution in [2.45, 2.75) is 33.4 Å². The van der Waals surface area contributed by atoms with E-state index in [9.17, 15) is 9.18 Å². The van der Waals surface area contributed by atoms with Crippen LogP contribution in [-0.2, 0) is 19.5 Å². The topological polar surface area (TPSA) is 74.8 Å². The maximum absolute atomic E-state index is 13.1. The van der Waals surface area contributed by atoms with Gasteiger partial charge in [-0.25, -0.2) is 4.39 Å². The number of tetrazole rings is 1. The van der Waals surface area contributed by atoms with Crippen molar-refractivity contribution in [2.75, 3.05) is 7.11 Å². The summed E-state index contributed by atoms with van der Waals surface area (Å²) in [5.74, 6) is 0.762. The van der Waals surface area contributed by atoms with Gasteiger partial charge in [0.05, 0.1) is 7.11 Å². The zero-order valence-electron chi connectivity index (χ0n) is 18.2. The Balaban J connectivity index is 1.44. The highest BCUT2D eigenvalue weighted by molar-refractivity contribution is 5.97. The van der Waals surface area contributed by atoms with Gasteiger partial charge in [0.1, 0.15) is 18.1 Å². The molecule has 0 aliphatic heterocycles. The Hall–Kier alpha value is -3.81. The first-order chi connectivity index (χ1) is 15.4. The highest BCUT2D eigenvalue weighted by Crippen LogP contribution is 2.19. The SMILES string of the molecule is COc1ccc(CCn2c(C)cc(C(=O)Cn3nnc(-c4ccc(F)cc4)n3)c2C)cc1. The molecule has 2 aromatic carbocycles. The van der Waals surface area contributed by atoms with Gasteiger partial charge in [0.15, 0.2) is 5.78 Å². The van der Waals surface area contributed by atoms with Crippen LogP contribution in [0.3, 0.4) is 0 Å². The molecule has 0 radical (unpaired) electrons. The smallest absolute Gasteiger partial charge is 0.204 e.